The van der Waals surface area contributed by atoms with Gasteiger partial charge in [-0.25, -0.2) is 4.98 Å². The van der Waals surface area contributed by atoms with Crippen molar-refractivity contribution in [3.05, 3.63) is 39.3 Å². The van der Waals surface area contributed by atoms with E-state index in [2.05, 4.69) is 14.9 Å². The molecule has 1 aliphatic rings. The van der Waals surface area contributed by atoms with Crippen LogP contribution in [-0.4, -0.2) is 63.4 Å². The first-order valence-electron chi connectivity index (χ1n) is 9.27. The van der Waals surface area contributed by atoms with Crippen molar-refractivity contribution >= 4 is 5.95 Å². The molecule has 8 nitrogen and oxygen atoms in total. The van der Waals surface area contributed by atoms with Crippen LogP contribution in [-0.2, 0) is 19.4 Å². The van der Waals surface area contributed by atoms with E-state index in [-0.39, 0.29) is 5.56 Å². The normalized spacial score (nSPS) is 14.2. The van der Waals surface area contributed by atoms with E-state index in [0.717, 1.165) is 42.1 Å². The zero-order valence-corrected chi connectivity index (χ0v) is 17.2. The Morgan fingerprint density at radius 1 is 1.04 bits per heavy atom. The monoisotopic (exact) mass is 388 g/mol. The van der Waals surface area contributed by atoms with Crippen LogP contribution in [0.4, 0.5) is 5.95 Å². The van der Waals surface area contributed by atoms with E-state index in [0.29, 0.717) is 30.4 Å². The van der Waals surface area contributed by atoms with Gasteiger partial charge in [0.2, 0.25) is 5.95 Å². The van der Waals surface area contributed by atoms with Crippen molar-refractivity contribution in [2.75, 3.05) is 53.4 Å². The Morgan fingerprint density at radius 3 is 2.32 bits per heavy atom. The number of nitrogens with one attached hydrogen (secondary N) is 1. The molecule has 0 aliphatic carbocycles. The van der Waals surface area contributed by atoms with E-state index in [1.165, 1.54) is 0 Å². The van der Waals surface area contributed by atoms with Crippen LogP contribution in [0.25, 0.3) is 0 Å². The standard InChI is InChI=1S/C20H28N4O4/c1-23(2)20-21-15-7-9-24(8-6-14(15)19(25)22-20)12-13-10-17(27-4)18(28-5)11-16(13)26-3/h10-11H,6-9,12H2,1-5H3,(H,21,22,25). The number of benzene rings is 1. The molecule has 28 heavy (non-hydrogen) atoms. The molecular weight excluding hydrogens is 360 g/mol. The number of rotatable bonds is 6. The largest absolute Gasteiger partial charge is 0.496 e. The van der Waals surface area contributed by atoms with Crippen LogP contribution in [0.3, 0.4) is 0 Å². The van der Waals surface area contributed by atoms with E-state index in [1.54, 1.807) is 21.3 Å². The van der Waals surface area contributed by atoms with Crippen LogP contribution < -0.4 is 24.7 Å². The van der Waals surface area contributed by atoms with Gasteiger partial charge < -0.3 is 19.1 Å². The van der Waals surface area contributed by atoms with E-state index < -0.39 is 0 Å². The summed E-state index contributed by atoms with van der Waals surface area (Å²) in [7, 11) is 8.62. The summed E-state index contributed by atoms with van der Waals surface area (Å²) in [6.45, 7) is 2.28. The molecule has 8 heteroatoms. The topological polar surface area (TPSA) is 79.9 Å². The van der Waals surface area contributed by atoms with Gasteiger partial charge in [-0.05, 0) is 12.5 Å². The molecule has 0 bridgehead atoms. The molecule has 0 saturated carbocycles. The predicted octanol–water partition coefficient (Wildman–Crippen LogP) is 1.46. The number of hydrogen-bond donors (Lipinski definition) is 1. The lowest BCUT2D eigenvalue weighted by molar-refractivity contribution is 0.271. The van der Waals surface area contributed by atoms with Crippen molar-refractivity contribution in [1.82, 2.24) is 14.9 Å². The number of nitrogens with zero attached hydrogens (tertiary/aromatic N) is 3. The van der Waals surface area contributed by atoms with Gasteiger partial charge in [-0.2, -0.15) is 0 Å². The zero-order valence-electron chi connectivity index (χ0n) is 17.2. The molecule has 1 aromatic heterocycles. The Morgan fingerprint density at radius 2 is 1.68 bits per heavy atom. The molecular formula is C20H28N4O4. The van der Waals surface area contributed by atoms with Gasteiger partial charge >= 0.3 is 0 Å². The number of aromatic amines is 1. The third kappa shape index (κ3) is 4.06. The second-order valence-corrected chi connectivity index (χ2v) is 7.00. The quantitative estimate of drug-likeness (QED) is 0.802. The van der Waals surface area contributed by atoms with Gasteiger partial charge in [-0.15, -0.1) is 0 Å². The fourth-order valence-corrected chi connectivity index (χ4v) is 3.47. The van der Waals surface area contributed by atoms with Gasteiger partial charge in [0, 0.05) is 57.3 Å². The Labute approximate surface area is 165 Å². The summed E-state index contributed by atoms with van der Waals surface area (Å²) in [5, 5.41) is 0. The summed E-state index contributed by atoms with van der Waals surface area (Å²) in [4.78, 5) is 24.1. The maximum atomic E-state index is 12.5. The number of H-pyrrole nitrogens is 1. The molecule has 2 heterocycles. The first kappa shape index (κ1) is 20.0. The summed E-state index contributed by atoms with van der Waals surface area (Å²) >= 11 is 0. The number of methoxy groups -OCH3 is 3. The maximum Gasteiger partial charge on any atom is 0.255 e. The Bertz CT molecular complexity index is 895. The lowest BCUT2D eigenvalue weighted by Gasteiger charge is -2.22. The average molecular weight is 388 g/mol. The van der Waals surface area contributed by atoms with Crippen molar-refractivity contribution in [2.24, 2.45) is 0 Å². The average Bonchev–Trinajstić information content (AvgIpc) is 2.90. The Balaban J connectivity index is 1.82. The van der Waals surface area contributed by atoms with Crippen LogP contribution >= 0.6 is 0 Å². The lowest BCUT2D eigenvalue weighted by Crippen LogP contribution is -2.26. The second-order valence-electron chi connectivity index (χ2n) is 7.00. The van der Waals surface area contributed by atoms with Crippen LogP contribution in [0.5, 0.6) is 17.2 Å². The van der Waals surface area contributed by atoms with Gasteiger partial charge in [0.15, 0.2) is 11.5 Å². The Hall–Kier alpha value is -2.74. The van der Waals surface area contributed by atoms with Crippen molar-refractivity contribution < 1.29 is 14.2 Å². The third-order valence-electron chi connectivity index (χ3n) is 5.04. The Kier molecular flexibility index (Phi) is 6.08. The molecule has 0 radical (unpaired) electrons. The highest BCUT2D eigenvalue weighted by atomic mass is 16.5. The second kappa shape index (κ2) is 8.52. The minimum atomic E-state index is -0.0424. The fraction of sp³-hybridized carbons (Fsp3) is 0.500. The number of aromatic nitrogens is 2. The van der Waals surface area contributed by atoms with Crippen LogP contribution in [0.1, 0.15) is 16.8 Å². The lowest BCUT2D eigenvalue weighted by atomic mass is 10.1. The summed E-state index contributed by atoms with van der Waals surface area (Å²) in [5.74, 6) is 2.66. The molecule has 1 aliphatic heterocycles. The minimum absolute atomic E-state index is 0.0424. The molecule has 0 fully saturated rings. The number of ether oxygens (including phenoxy) is 3. The van der Waals surface area contributed by atoms with Crippen LogP contribution in [0.2, 0.25) is 0 Å². The van der Waals surface area contributed by atoms with Gasteiger partial charge in [0.25, 0.3) is 5.56 Å². The molecule has 1 aromatic carbocycles. The van der Waals surface area contributed by atoms with E-state index in [4.69, 9.17) is 14.2 Å². The zero-order chi connectivity index (χ0) is 20.3. The highest BCUT2D eigenvalue weighted by Crippen LogP contribution is 2.35. The van der Waals surface area contributed by atoms with Crippen molar-refractivity contribution in [1.29, 1.82) is 0 Å². The number of hydrogen-bond acceptors (Lipinski definition) is 7. The molecule has 0 spiro atoms. The van der Waals surface area contributed by atoms with Crippen molar-refractivity contribution in [3.8, 4) is 17.2 Å². The molecule has 2 aromatic rings. The molecule has 0 saturated heterocycles. The highest BCUT2D eigenvalue weighted by Gasteiger charge is 2.21. The number of fused-ring (bicyclic) bond motifs is 1. The number of anilines is 1. The summed E-state index contributed by atoms with van der Waals surface area (Å²) in [6, 6.07) is 3.79. The molecule has 0 atom stereocenters. The molecule has 152 valence electrons. The van der Waals surface area contributed by atoms with Crippen molar-refractivity contribution in [3.63, 3.8) is 0 Å². The fourth-order valence-electron chi connectivity index (χ4n) is 3.47. The molecule has 3 rings (SSSR count). The third-order valence-corrected chi connectivity index (χ3v) is 5.04. The smallest absolute Gasteiger partial charge is 0.255 e. The first-order chi connectivity index (χ1) is 13.5. The molecule has 0 unspecified atom stereocenters. The SMILES string of the molecule is COc1cc(OC)c(OC)cc1CN1CCc2nc(N(C)C)[nH]c(=O)c2CC1. The van der Waals surface area contributed by atoms with Crippen LogP contribution in [0.15, 0.2) is 16.9 Å². The van der Waals surface area contributed by atoms with E-state index in [9.17, 15) is 4.79 Å². The van der Waals surface area contributed by atoms with Crippen molar-refractivity contribution in [2.45, 2.75) is 19.4 Å². The molecule has 0 amide bonds. The van der Waals surface area contributed by atoms with Gasteiger partial charge in [-0.1, -0.05) is 0 Å². The predicted molar refractivity (Wildman–Crippen MR) is 108 cm³/mol. The maximum absolute atomic E-state index is 12.5. The summed E-state index contributed by atoms with van der Waals surface area (Å²) in [5.41, 5.74) is 2.64. The summed E-state index contributed by atoms with van der Waals surface area (Å²) in [6.07, 6.45) is 1.40. The van der Waals surface area contributed by atoms with E-state index in [1.807, 2.05) is 31.1 Å². The van der Waals surface area contributed by atoms with Gasteiger partial charge in [-0.3, -0.25) is 14.7 Å². The highest BCUT2D eigenvalue weighted by molar-refractivity contribution is 5.50. The van der Waals surface area contributed by atoms with E-state index >= 15 is 0 Å². The molecule has 1 N–H and O–H groups in total. The minimum Gasteiger partial charge on any atom is -0.496 e. The van der Waals surface area contributed by atoms with Gasteiger partial charge in [0.05, 0.1) is 27.0 Å². The summed E-state index contributed by atoms with van der Waals surface area (Å²) < 4.78 is 16.3. The van der Waals surface area contributed by atoms with Gasteiger partial charge in [0.1, 0.15) is 5.75 Å². The first-order valence-corrected chi connectivity index (χ1v) is 9.27. The van der Waals surface area contributed by atoms with Crippen LogP contribution in [0, 0.1) is 0 Å².